The Morgan fingerprint density at radius 3 is 2.28 bits per heavy atom. The summed E-state index contributed by atoms with van der Waals surface area (Å²) in [4.78, 5) is 25.2. The number of hydrogen-bond acceptors (Lipinski definition) is 3. The molecule has 0 aliphatic carbocycles. The molecular weight excluding hydrogens is 232 g/mol. The number of hydrogen-bond donors (Lipinski definition) is 1. The van der Waals surface area contributed by atoms with Crippen LogP contribution >= 0.6 is 0 Å². The van der Waals surface area contributed by atoms with Gasteiger partial charge in [0, 0.05) is 18.4 Å². The van der Waals surface area contributed by atoms with Crippen LogP contribution in [0, 0.1) is 5.41 Å². The Labute approximate surface area is 109 Å². The average molecular weight is 256 g/mol. The fraction of sp³-hybridized carbons (Fsp3) is 0.846. The van der Waals surface area contributed by atoms with E-state index in [1.54, 1.807) is 4.90 Å². The monoisotopic (exact) mass is 256 g/mol. The average Bonchev–Trinajstić information content (AvgIpc) is 2.13. The number of carbonyl (C=O) groups is 2. The Morgan fingerprint density at radius 2 is 1.83 bits per heavy atom. The third-order valence-corrected chi connectivity index (χ3v) is 2.64. The number of rotatable bonds is 0. The Morgan fingerprint density at radius 1 is 1.28 bits per heavy atom. The molecular formula is C13H24N2O3. The smallest absolute Gasteiger partial charge is 0.411 e. The molecule has 1 aliphatic heterocycles. The lowest BCUT2D eigenvalue weighted by atomic mass is 9.90. The van der Waals surface area contributed by atoms with Gasteiger partial charge in [-0.3, -0.25) is 9.69 Å². The second-order valence-electron chi connectivity index (χ2n) is 6.76. The minimum Gasteiger partial charge on any atom is -0.444 e. The fourth-order valence-corrected chi connectivity index (χ4v) is 1.85. The van der Waals surface area contributed by atoms with Gasteiger partial charge in [0.25, 0.3) is 0 Å². The van der Waals surface area contributed by atoms with Crippen LogP contribution in [0.3, 0.4) is 0 Å². The molecule has 0 aromatic carbocycles. The molecule has 0 saturated carbocycles. The van der Waals surface area contributed by atoms with E-state index in [-0.39, 0.29) is 23.6 Å². The van der Waals surface area contributed by atoms with Gasteiger partial charge in [0.15, 0.2) is 0 Å². The Bertz CT molecular complexity index is 339. The zero-order valence-electron chi connectivity index (χ0n) is 12.2. The van der Waals surface area contributed by atoms with E-state index in [0.717, 1.165) is 0 Å². The predicted molar refractivity (Wildman–Crippen MR) is 68.9 cm³/mol. The van der Waals surface area contributed by atoms with Crippen molar-refractivity contribution in [1.82, 2.24) is 10.2 Å². The highest BCUT2D eigenvalue weighted by Gasteiger charge is 2.39. The maximum atomic E-state index is 12.1. The third kappa shape index (κ3) is 3.89. The van der Waals surface area contributed by atoms with Crippen LogP contribution in [0.4, 0.5) is 4.79 Å². The Kier molecular flexibility index (Phi) is 3.93. The van der Waals surface area contributed by atoms with Crippen molar-refractivity contribution in [2.75, 3.05) is 6.54 Å². The third-order valence-electron chi connectivity index (χ3n) is 2.64. The minimum atomic E-state index is -0.527. The van der Waals surface area contributed by atoms with Crippen molar-refractivity contribution in [1.29, 1.82) is 0 Å². The zero-order chi connectivity index (χ0) is 14.1. The lowest BCUT2D eigenvalue weighted by Gasteiger charge is -2.43. The quantitative estimate of drug-likeness (QED) is 0.722. The van der Waals surface area contributed by atoms with Gasteiger partial charge in [-0.05, 0) is 20.8 Å². The Hall–Kier alpha value is -1.26. The van der Waals surface area contributed by atoms with Crippen LogP contribution in [0.2, 0.25) is 0 Å². The molecule has 104 valence electrons. The van der Waals surface area contributed by atoms with Gasteiger partial charge < -0.3 is 10.1 Å². The zero-order valence-corrected chi connectivity index (χ0v) is 12.2. The van der Waals surface area contributed by atoms with Crippen molar-refractivity contribution in [2.24, 2.45) is 5.41 Å². The molecule has 1 fully saturated rings. The van der Waals surface area contributed by atoms with E-state index in [1.165, 1.54) is 0 Å². The summed E-state index contributed by atoms with van der Waals surface area (Å²) in [5, 5.41) is 2.86. The highest BCUT2D eigenvalue weighted by atomic mass is 16.6. The summed E-state index contributed by atoms with van der Waals surface area (Å²) in [7, 11) is 0. The molecule has 5 heteroatoms. The molecule has 0 radical (unpaired) electrons. The number of ether oxygens (including phenoxy) is 1. The molecule has 0 spiro atoms. The molecule has 1 saturated heterocycles. The number of amides is 2. The van der Waals surface area contributed by atoms with Gasteiger partial charge in [-0.25, -0.2) is 4.79 Å². The first-order chi connectivity index (χ1) is 8.00. The molecule has 18 heavy (non-hydrogen) atoms. The summed E-state index contributed by atoms with van der Waals surface area (Å²) in [6.07, 6.45) is -0.373. The standard InChI is InChI=1S/C13H24N2O3/c1-12(2,3)10-14-9(16)7-8-15(10)11(17)18-13(4,5)6/h10H,7-8H2,1-6H3,(H,14,16)/t10-/m0/s1. The maximum absolute atomic E-state index is 12.1. The normalized spacial score (nSPS) is 21.6. The number of nitrogens with zero attached hydrogens (tertiary/aromatic N) is 1. The van der Waals surface area contributed by atoms with Gasteiger partial charge in [0.1, 0.15) is 11.8 Å². The minimum absolute atomic E-state index is 0.0188. The summed E-state index contributed by atoms with van der Waals surface area (Å²) in [5.74, 6) is -0.0188. The van der Waals surface area contributed by atoms with Crippen LogP contribution in [0.15, 0.2) is 0 Å². The predicted octanol–water partition coefficient (Wildman–Crippen LogP) is 2.12. The van der Waals surface area contributed by atoms with E-state index < -0.39 is 5.60 Å². The van der Waals surface area contributed by atoms with E-state index in [9.17, 15) is 9.59 Å². The molecule has 0 aromatic rings. The molecule has 1 rings (SSSR count). The number of carbonyl (C=O) groups excluding carboxylic acids is 2. The van der Waals surface area contributed by atoms with Gasteiger partial charge >= 0.3 is 6.09 Å². The van der Waals surface area contributed by atoms with Crippen LogP contribution in [0.25, 0.3) is 0 Å². The molecule has 0 unspecified atom stereocenters. The van der Waals surface area contributed by atoms with Gasteiger partial charge in [-0.1, -0.05) is 20.8 Å². The van der Waals surface area contributed by atoms with E-state index in [2.05, 4.69) is 5.32 Å². The molecule has 0 aromatic heterocycles. The first-order valence-corrected chi connectivity index (χ1v) is 6.30. The van der Waals surface area contributed by atoms with Crippen molar-refractivity contribution in [3.05, 3.63) is 0 Å². The lowest BCUT2D eigenvalue weighted by Crippen LogP contribution is -2.61. The SMILES string of the molecule is CC(C)(C)OC(=O)N1CCC(=O)N[C@@H]1C(C)(C)C. The largest absolute Gasteiger partial charge is 0.444 e. The Balaban J connectivity index is 2.84. The first-order valence-electron chi connectivity index (χ1n) is 6.30. The van der Waals surface area contributed by atoms with Crippen molar-refractivity contribution in [2.45, 2.75) is 59.7 Å². The van der Waals surface area contributed by atoms with Crippen molar-refractivity contribution in [3.63, 3.8) is 0 Å². The molecule has 0 bridgehead atoms. The number of nitrogens with one attached hydrogen (secondary N) is 1. The molecule has 1 heterocycles. The second kappa shape index (κ2) is 4.78. The molecule has 1 N–H and O–H groups in total. The maximum Gasteiger partial charge on any atom is 0.411 e. The summed E-state index contributed by atoms with van der Waals surface area (Å²) in [6.45, 7) is 11.9. The molecule has 1 atom stereocenters. The van der Waals surface area contributed by atoms with E-state index in [1.807, 2.05) is 41.5 Å². The topological polar surface area (TPSA) is 58.6 Å². The van der Waals surface area contributed by atoms with Gasteiger partial charge in [-0.15, -0.1) is 0 Å². The highest BCUT2D eigenvalue weighted by Crippen LogP contribution is 2.26. The first kappa shape index (κ1) is 14.8. The van der Waals surface area contributed by atoms with E-state index in [0.29, 0.717) is 13.0 Å². The molecule has 1 aliphatic rings. The van der Waals surface area contributed by atoms with E-state index >= 15 is 0 Å². The summed E-state index contributed by atoms with van der Waals surface area (Å²) in [5.41, 5.74) is -0.756. The molecule has 2 amide bonds. The van der Waals surface area contributed by atoms with Gasteiger partial charge in [0.2, 0.25) is 5.91 Å². The summed E-state index contributed by atoms with van der Waals surface area (Å²) in [6, 6.07) is 0. The van der Waals surface area contributed by atoms with Crippen LogP contribution in [0.1, 0.15) is 48.0 Å². The summed E-state index contributed by atoms with van der Waals surface area (Å²) >= 11 is 0. The van der Waals surface area contributed by atoms with Crippen LogP contribution in [-0.4, -0.2) is 35.2 Å². The van der Waals surface area contributed by atoms with Crippen molar-refractivity contribution >= 4 is 12.0 Å². The van der Waals surface area contributed by atoms with Gasteiger partial charge in [-0.2, -0.15) is 0 Å². The lowest BCUT2D eigenvalue weighted by molar-refractivity contribution is -0.128. The van der Waals surface area contributed by atoms with Crippen molar-refractivity contribution < 1.29 is 14.3 Å². The summed E-state index contributed by atoms with van der Waals surface area (Å²) < 4.78 is 5.37. The fourth-order valence-electron chi connectivity index (χ4n) is 1.85. The van der Waals surface area contributed by atoms with Crippen LogP contribution in [-0.2, 0) is 9.53 Å². The van der Waals surface area contributed by atoms with Gasteiger partial charge in [0.05, 0.1) is 0 Å². The van der Waals surface area contributed by atoms with Crippen molar-refractivity contribution in [3.8, 4) is 0 Å². The van der Waals surface area contributed by atoms with E-state index in [4.69, 9.17) is 4.74 Å². The highest BCUT2D eigenvalue weighted by molar-refractivity contribution is 5.80. The van der Waals surface area contributed by atoms with Crippen LogP contribution in [0.5, 0.6) is 0 Å². The second-order valence-corrected chi connectivity index (χ2v) is 6.76. The van der Waals surface area contributed by atoms with Crippen LogP contribution < -0.4 is 5.32 Å². The molecule has 5 nitrogen and oxygen atoms in total.